The van der Waals surface area contributed by atoms with Crippen LogP contribution in [0, 0.1) is 18.3 Å². The van der Waals surface area contributed by atoms with E-state index in [4.69, 9.17) is 27.9 Å². The number of hydrogen-bond acceptors (Lipinski definition) is 3. The van der Waals surface area contributed by atoms with Crippen LogP contribution in [0.25, 0.3) is 6.08 Å². The van der Waals surface area contributed by atoms with Crippen molar-refractivity contribution < 1.29 is 9.53 Å². The molecule has 0 unspecified atom stereocenters. The van der Waals surface area contributed by atoms with Crippen LogP contribution < -0.4 is 10.1 Å². The Morgan fingerprint density at radius 1 is 1.15 bits per heavy atom. The zero-order valence-corrected chi connectivity index (χ0v) is 19.6. The summed E-state index contributed by atoms with van der Waals surface area (Å²) in [5, 5.41) is 13.5. The standard InChI is InChI=1S/C27H22Cl2N2O2/c1-3-5-21-14-20(10-13-26(21)33-17-19-8-11-23(28)12-9-19)15-22(16-30)27(32)31-25-7-4-6-24(29)18(25)2/h3-4,6-15H,1,5,17H2,2H3,(H,31,32)/b22-15+. The fourth-order valence-electron chi connectivity index (χ4n) is 3.13. The highest BCUT2D eigenvalue weighted by molar-refractivity contribution is 6.32. The molecular weight excluding hydrogens is 455 g/mol. The van der Waals surface area contributed by atoms with E-state index in [0.29, 0.717) is 40.1 Å². The number of halogens is 2. The Labute approximate surface area is 203 Å². The number of nitriles is 1. The van der Waals surface area contributed by atoms with E-state index >= 15 is 0 Å². The molecule has 0 fully saturated rings. The van der Waals surface area contributed by atoms with E-state index in [1.54, 1.807) is 43.3 Å². The number of anilines is 1. The van der Waals surface area contributed by atoms with Crippen molar-refractivity contribution in [1.82, 2.24) is 0 Å². The number of rotatable bonds is 8. The van der Waals surface area contributed by atoms with Crippen LogP contribution in [0.3, 0.4) is 0 Å². The van der Waals surface area contributed by atoms with Gasteiger partial charge < -0.3 is 10.1 Å². The van der Waals surface area contributed by atoms with Crippen molar-refractivity contribution in [3.8, 4) is 11.8 Å². The summed E-state index contributed by atoms with van der Waals surface area (Å²) >= 11 is 12.1. The van der Waals surface area contributed by atoms with Gasteiger partial charge in [0.15, 0.2) is 0 Å². The van der Waals surface area contributed by atoms with Crippen LogP contribution >= 0.6 is 23.2 Å². The van der Waals surface area contributed by atoms with Gasteiger partial charge in [-0.15, -0.1) is 6.58 Å². The molecule has 1 N–H and O–H groups in total. The summed E-state index contributed by atoms with van der Waals surface area (Å²) in [5.41, 5.74) is 3.88. The van der Waals surface area contributed by atoms with Gasteiger partial charge in [-0.3, -0.25) is 4.79 Å². The number of amides is 1. The smallest absolute Gasteiger partial charge is 0.266 e. The lowest BCUT2D eigenvalue weighted by Gasteiger charge is -2.12. The average molecular weight is 477 g/mol. The SMILES string of the molecule is C=CCc1cc(/C=C(\C#N)C(=O)Nc2cccc(Cl)c2C)ccc1OCc1ccc(Cl)cc1. The van der Waals surface area contributed by atoms with Gasteiger partial charge in [0.05, 0.1) is 0 Å². The van der Waals surface area contributed by atoms with E-state index in [1.165, 1.54) is 0 Å². The Kier molecular flexibility index (Phi) is 8.32. The molecule has 166 valence electrons. The van der Waals surface area contributed by atoms with Crippen molar-refractivity contribution in [1.29, 1.82) is 5.26 Å². The summed E-state index contributed by atoms with van der Waals surface area (Å²) in [6, 6.07) is 20.2. The molecule has 0 saturated heterocycles. The minimum Gasteiger partial charge on any atom is -0.489 e. The van der Waals surface area contributed by atoms with Crippen molar-refractivity contribution in [2.24, 2.45) is 0 Å². The van der Waals surface area contributed by atoms with Crippen molar-refractivity contribution >= 4 is 40.9 Å². The lowest BCUT2D eigenvalue weighted by molar-refractivity contribution is -0.112. The minimum atomic E-state index is -0.504. The molecule has 0 aliphatic heterocycles. The second-order valence-electron chi connectivity index (χ2n) is 7.31. The Morgan fingerprint density at radius 3 is 2.61 bits per heavy atom. The van der Waals surface area contributed by atoms with Gasteiger partial charge in [0, 0.05) is 15.7 Å². The molecule has 0 aliphatic rings. The second-order valence-corrected chi connectivity index (χ2v) is 8.16. The van der Waals surface area contributed by atoms with Gasteiger partial charge in [0.25, 0.3) is 5.91 Å². The number of nitrogens with zero attached hydrogens (tertiary/aromatic N) is 1. The molecule has 3 aromatic rings. The van der Waals surface area contributed by atoms with Gasteiger partial charge in [0.1, 0.15) is 24.0 Å². The summed E-state index contributed by atoms with van der Waals surface area (Å²) in [7, 11) is 0. The third kappa shape index (κ3) is 6.49. The van der Waals surface area contributed by atoms with Gasteiger partial charge in [0.2, 0.25) is 0 Å². The van der Waals surface area contributed by atoms with Crippen LogP contribution in [0.15, 0.2) is 78.9 Å². The van der Waals surface area contributed by atoms with Crippen LogP contribution in [-0.2, 0) is 17.8 Å². The predicted molar refractivity (Wildman–Crippen MR) is 135 cm³/mol. The number of carbonyl (C=O) groups excluding carboxylic acids is 1. The van der Waals surface area contributed by atoms with E-state index in [0.717, 1.165) is 16.7 Å². The largest absolute Gasteiger partial charge is 0.489 e. The normalized spacial score (nSPS) is 10.9. The number of benzene rings is 3. The molecule has 0 bridgehead atoms. The molecule has 3 rings (SSSR count). The maximum absolute atomic E-state index is 12.7. The number of hydrogen-bond donors (Lipinski definition) is 1. The lowest BCUT2D eigenvalue weighted by Crippen LogP contribution is -2.14. The molecule has 3 aromatic carbocycles. The third-order valence-electron chi connectivity index (χ3n) is 4.95. The molecular formula is C27H22Cl2N2O2. The molecule has 4 nitrogen and oxygen atoms in total. The van der Waals surface area contributed by atoms with Gasteiger partial charge >= 0.3 is 0 Å². The summed E-state index contributed by atoms with van der Waals surface area (Å²) in [4.78, 5) is 12.7. The minimum absolute atomic E-state index is 0.0197. The fourth-order valence-corrected chi connectivity index (χ4v) is 3.44. The van der Waals surface area contributed by atoms with Gasteiger partial charge in [-0.2, -0.15) is 5.26 Å². The Bertz CT molecular complexity index is 1240. The van der Waals surface area contributed by atoms with Crippen molar-refractivity contribution in [2.45, 2.75) is 20.0 Å². The van der Waals surface area contributed by atoms with Crippen LogP contribution in [0.2, 0.25) is 10.0 Å². The van der Waals surface area contributed by atoms with E-state index in [9.17, 15) is 10.1 Å². The van der Waals surface area contributed by atoms with E-state index in [-0.39, 0.29) is 5.57 Å². The van der Waals surface area contributed by atoms with Crippen molar-refractivity contribution in [3.05, 3.63) is 111 Å². The first-order valence-corrected chi connectivity index (χ1v) is 11.0. The molecule has 0 atom stereocenters. The first kappa shape index (κ1) is 24.1. The Balaban J connectivity index is 1.80. The molecule has 0 aliphatic carbocycles. The Morgan fingerprint density at radius 2 is 1.91 bits per heavy atom. The number of nitrogens with one attached hydrogen (secondary N) is 1. The van der Waals surface area contributed by atoms with Crippen molar-refractivity contribution in [2.75, 3.05) is 5.32 Å². The molecule has 0 heterocycles. The average Bonchev–Trinajstić information content (AvgIpc) is 2.81. The van der Waals surface area contributed by atoms with Crippen LogP contribution in [0.1, 0.15) is 22.3 Å². The van der Waals surface area contributed by atoms with Gasteiger partial charge in [-0.1, -0.05) is 53.5 Å². The van der Waals surface area contributed by atoms with E-state index in [2.05, 4.69) is 11.9 Å². The highest BCUT2D eigenvalue weighted by Gasteiger charge is 2.13. The molecule has 0 spiro atoms. The molecule has 33 heavy (non-hydrogen) atoms. The maximum Gasteiger partial charge on any atom is 0.266 e. The summed E-state index contributed by atoms with van der Waals surface area (Å²) in [5.74, 6) is 0.204. The lowest BCUT2D eigenvalue weighted by atomic mass is 10.0. The summed E-state index contributed by atoms with van der Waals surface area (Å²) in [6.45, 7) is 6.00. The molecule has 1 amide bonds. The third-order valence-corrected chi connectivity index (χ3v) is 5.61. The summed E-state index contributed by atoms with van der Waals surface area (Å²) < 4.78 is 5.98. The van der Waals surface area contributed by atoms with E-state index < -0.39 is 5.91 Å². The topological polar surface area (TPSA) is 62.1 Å². The van der Waals surface area contributed by atoms with E-state index in [1.807, 2.05) is 42.5 Å². The van der Waals surface area contributed by atoms with Gasteiger partial charge in [-0.05, 0) is 78.1 Å². The number of allylic oxidation sites excluding steroid dienone is 1. The zero-order valence-electron chi connectivity index (χ0n) is 18.1. The van der Waals surface area contributed by atoms with Gasteiger partial charge in [-0.25, -0.2) is 0 Å². The maximum atomic E-state index is 12.7. The number of ether oxygens (including phenoxy) is 1. The Hall–Kier alpha value is -3.52. The van der Waals surface area contributed by atoms with Crippen LogP contribution in [-0.4, -0.2) is 5.91 Å². The molecule has 6 heteroatoms. The molecule has 0 saturated carbocycles. The highest BCUT2D eigenvalue weighted by Crippen LogP contribution is 2.26. The van der Waals surface area contributed by atoms with Crippen LogP contribution in [0.5, 0.6) is 5.75 Å². The highest BCUT2D eigenvalue weighted by atomic mass is 35.5. The monoisotopic (exact) mass is 476 g/mol. The second kappa shape index (κ2) is 11.4. The quantitative estimate of drug-likeness (QED) is 0.213. The van der Waals surface area contributed by atoms with Crippen LogP contribution in [0.4, 0.5) is 5.69 Å². The zero-order chi connectivity index (χ0) is 23.8. The fraction of sp³-hybridized carbons (Fsp3) is 0.111. The summed E-state index contributed by atoms with van der Waals surface area (Å²) in [6.07, 6.45) is 3.90. The first-order chi connectivity index (χ1) is 15.9. The van der Waals surface area contributed by atoms with Crippen molar-refractivity contribution in [3.63, 3.8) is 0 Å². The molecule has 0 radical (unpaired) electrons. The molecule has 0 aromatic heterocycles. The predicted octanol–water partition coefficient (Wildman–Crippen LogP) is 7.16. The number of carbonyl (C=O) groups is 1. The first-order valence-electron chi connectivity index (χ1n) is 10.2.